The molecule has 1 aliphatic rings. The van der Waals surface area contributed by atoms with Crippen LogP contribution in [0.2, 0.25) is 0 Å². The fourth-order valence-corrected chi connectivity index (χ4v) is 5.07. The predicted octanol–water partition coefficient (Wildman–Crippen LogP) is 4.60. The third-order valence-electron chi connectivity index (χ3n) is 5.39. The Bertz CT molecular complexity index is 997. The average molecular weight is 426 g/mol. The molecule has 1 aliphatic heterocycles. The van der Waals surface area contributed by atoms with E-state index in [4.69, 9.17) is 17.3 Å². The van der Waals surface area contributed by atoms with Gasteiger partial charge in [-0.3, -0.25) is 14.5 Å². The molecule has 2 aromatic heterocycles. The van der Waals surface area contributed by atoms with Crippen molar-refractivity contribution in [1.82, 2.24) is 24.2 Å². The third kappa shape index (κ3) is 4.17. The summed E-state index contributed by atoms with van der Waals surface area (Å²) in [6.07, 6.45) is 5.57. The fourth-order valence-electron chi connectivity index (χ4n) is 3.82. The lowest BCUT2D eigenvalue weighted by Crippen LogP contribution is -2.34. The molecule has 0 unspecified atom stereocenters. The minimum absolute atomic E-state index is 0.732. The maximum atomic E-state index is 5.99. The van der Waals surface area contributed by atoms with Crippen molar-refractivity contribution in [1.29, 1.82) is 0 Å². The molecule has 0 bridgehead atoms. The van der Waals surface area contributed by atoms with E-state index in [0.29, 0.717) is 0 Å². The number of aryl methyl sites for hydroxylation is 2. The highest BCUT2D eigenvalue weighted by atomic mass is 32.2. The van der Waals surface area contributed by atoms with Crippen molar-refractivity contribution in [3.05, 3.63) is 58.6 Å². The first-order valence-electron chi connectivity index (χ1n) is 10.2. The Hall–Kier alpha value is -1.96. The fraction of sp³-hybridized carbons (Fsp3) is 0.409. The van der Waals surface area contributed by atoms with Crippen molar-refractivity contribution < 1.29 is 0 Å². The first kappa shape index (κ1) is 20.3. The molecule has 0 saturated carbocycles. The summed E-state index contributed by atoms with van der Waals surface area (Å²) in [7, 11) is 0. The van der Waals surface area contributed by atoms with Crippen LogP contribution in [0.4, 0.5) is 0 Å². The van der Waals surface area contributed by atoms with Gasteiger partial charge >= 0.3 is 0 Å². The van der Waals surface area contributed by atoms with E-state index in [0.717, 1.165) is 48.8 Å². The molecule has 4 rings (SSSR count). The van der Waals surface area contributed by atoms with Gasteiger partial charge in [-0.2, -0.15) is 11.8 Å². The molecule has 0 radical (unpaired) electrons. The number of benzene rings is 1. The lowest BCUT2D eigenvalue weighted by Gasteiger charge is -2.25. The monoisotopic (exact) mass is 425 g/mol. The Morgan fingerprint density at radius 3 is 2.38 bits per heavy atom. The first-order valence-corrected chi connectivity index (χ1v) is 11.8. The molecule has 0 N–H and O–H groups in total. The molecule has 152 valence electrons. The lowest BCUT2D eigenvalue weighted by molar-refractivity contribution is 0.226. The maximum Gasteiger partial charge on any atom is 0.204 e. The second-order valence-electron chi connectivity index (χ2n) is 7.19. The molecule has 3 heterocycles. The molecule has 5 nitrogen and oxygen atoms in total. The highest BCUT2D eigenvalue weighted by Crippen LogP contribution is 2.28. The summed E-state index contributed by atoms with van der Waals surface area (Å²) >= 11 is 8.00. The molecular weight excluding hydrogens is 398 g/mol. The number of para-hydroxylation sites is 1. The highest BCUT2D eigenvalue weighted by molar-refractivity contribution is 7.99. The Labute approximate surface area is 181 Å². The smallest absolute Gasteiger partial charge is 0.204 e. The zero-order chi connectivity index (χ0) is 20.2. The highest BCUT2D eigenvalue weighted by Gasteiger charge is 2.20. The number of hydrogen-bond acceptors (Lipinski definition) is 5. The summed E-state index contributed by atoms with van der Waals surface area (Å²) in [6.45, 7) is 7.28. The van der Waals surface area contributed by atoms with Gasteiger partial charge < -0.3 is 0 Å². The van der Waals surface area contributed by atoms with Gasteiger partial charge in [0.2, 0.25) is 4.77 Å². The molecule has 3 aromatic rings. The molecular formula is C22H27N5S2. The minimum atomic E-state index is 0.732. The largest absolute Gasteiger partial charge is 0.283 e. The molecule has 29 heavy (non-hydrogen) atoms. The average Bonchev–Trinajstić information content (AvgIpc) is 3.10. The van der Waals surface area contributed by atoms with Crippen LogP contribution in [-0.2, 0) is 19.5 Å². The number of aromatic nitrogens is 4. The predicted molar refractivity (Wildman–Crippen MR) is 123 cm³/mol. The van der Waals surface area contributed by atoms with Crippen molar-refractivity contribution in [2.75, 3.05) is 24.6 Å². The van der Waals surface area contributed by atoms with Gasteiger partial charge in [-0.1, -0.05) is 32.0 Å². The normalized spacial score (nSPS) is 15.0. The summed E-state index contributed by atoms with van der Waals surface area (Å²) in [5.74, 6) is 3.20. The first-order chi connectivity index (χ1) is 14.2. The van der Waals surface area contributed by atoms with E-state index in [1.54, 1.807) is 6.20 Å². The van der Waals surface area contributed by atoms with Gasteiger partial charge in [0.15, 0.2) is 5.82 Å². The van der Waals surface area contributed by atoms with E-state index in [1.165, 1.54) is 28.3 Å². The molecule has 1 saturated heterocycles. The van der Waals surface area contributed by atoms with Gasteiger partial charge in [0, 0.05) is 42.6 Å². The number of rotatable bonds is 6. The van der Waals surface area contributed by atoms with Gasteiger partial charge in [-0.05, 0) is 48.3 Å². The van der Waals surface area contributed by atoms with E-state index in [1.807, 2.05) is 28.7 Å². The van der Waals surface area contributed by atoms with Crippen LogP contribution in [0.5, 0.6) is 0 Å². The van der Waals surface area contributed by atoms with E-state index < -0.39 is 0 Å². The summed E-state index contributed by atoms with van der Waals surface area (Å²) in [5, 5.41) is 4.99. The van der Waals surface area contributed by atoms with E-state index in [9.17, 15) is 0 Å². The van der Waals surface area contributed by atoms with Gasteiger partial charge in [0.05, 0.1) is 12.4 Å². The van der Waals surface area contributed by atoms with Crippen molar-refractivity contribution in [3.8, 4) is 17.1 Å². The van der Waals surface area contributed by atoms with Crippen LogP contribution in [0.15, 0.2) is 42.7 Å². The molecule has 1 fully saturated rings. The molecule has 0 aliphatic carbocycles. The maximum absolute atomic E-state index is 5.99. The minimum Gasteiger partial charge on any atom is -0.283 e. The van der Waals surface area contributed by atoms with E-state index >= 15 is 0 Å². The van der Waals surface area contributed by atoms with Crippen LogP contribution in [-0.4, -0.2) is 48.8 Å². The number of thioether (sulfide) groups is 1. The van der Waals surface area contributed by atoms with Crippen molar-refractivity contribution >= 4 is 24.0 Å². The lowest BCUT2D eigenvalue weighted by atomic mass is 10.0. The van der Waals surface area contributed by atoms with Gasteiger partial charge in [0.1, 0.15) is 0 Å². The van der Waals surface area contributed by atoms with Crippen LogP contribution in [0.1, 0.15) is 25.0 Å². The van der Waals surface area contributed by atoms with Gasteiger partial charge in [-0.15, -0.1) is 5.10 Å². The van der Waals surface area contributed by atoms with Crippen LogP contribution < -0.4 is 0 Å². The molecule has 1 aromatic carbocycles. The third-order valence-corrected chi connectivity index (χ3v) is 6.72. The summed E-state index contributed by atoms with van der Waals surface area (Å²) < 4.78 is 4.90. The Morgan fingerprint density at radius 2 is 1.76 bits per heavy atom. The van der Waals surface area contributed by atoms with Crippen molar-refractivity contribution in [3.63, 3.8) is 0 Å². The second kappa shape index (κ2) is 9.24. The van der Waals surface area contributed by atoms with Crippen LogP contribution >= 0.6 is 24.0 Å². The van der Waals surface area contributed by atoms with Crippen LogP contribution in [0, 0.1) is 4.77 Å². The Kier molecular flexibility index (Phi) is 6.47. The molecule has 7 heteroatoms. The quantitative estimate of drug-likeness (QED) is 0.540. The zero-order valence-electron chi connectivity index (χ0n) is 17.0. The zero-order valence-corrected chi connectivity index (χ0v) is 18.7. The molecule has 0 spiro atoms. The van der Waals surface area contributed by atoms with E-state index in [-0.39, 0.29) is 0 Å². The number of pyridine rings is 1. The summed E-state index contributed by atoms with van der Waals surface area (Å²) in [5.41, 5.74) is 4.75. The van der Waals surface area contributed by atoms with E-state index in [2.05, 4.69) is 52.6 Å². The standard InChI is InChI=1S/C22H27N5S2/c1-3-17-7-5-8-18(4-2)20(17)27-21(19-9-6-10-23-15-19)24-26(22(27)28)16-25-11-13-29-14-12-25/h5-10,15H,3-4,11-14,16H2,1-2H3. The molecule has 0 atom stereocenters. The number of nitrogens with zero attached hydrogens (tertiary/aromatic N) is 5. The van der Waals surface area contributed by atoms with Crippen LogP contribution in [0.3, 0.4) is 0 Å². The SMILES string of the molecule is CCc1cccc(CC)c1-n1c(-c2cccnc2)nn(CN2CCSCC2)c1=S. The van der Waals surface area contributed by atoms with Crippen molar-refractivity contribution in [2.45, 2.75) is 33.4 Å². The van der Waals surface area contributed by atoms with Gasteiger partial charge in [0.25, 0.3) is 0 Å². The Morgan fingerprint density at radius 1 is 1.03 bits per heavy atom. The summed E-state index contributed by atoms with van der Waals surface area (Å²) in [6, 6.07) is 10.5. The number of hydrogen-bond donors (Lipinski definition) is 0. The molecule has 0 amide bonds. The van der Waals surface area contributed by atoms with Gasteiger partial charge in [-0.25, -0.2) is 4.68 Å². The topological polar surface area (TPSA) is 38.9 Å². The Balaban J connectivity index is 1.90. The van der Waals surface area contributed by atoms with Crippen LogP contribution in [0.25, 0.3) is 17.1 Å². The summed E-state index contributed by atoms with van der Waals surface area (Å²) in [4.78, 5) is 6.76. The van der Waals surface area contributed by atoms with Crippen molar-refractivity contribution in [2.24, 2.45) is 0 Å². The second-order valence-corrected chi connectivity index (χ2v) is 8.78.